The van der Waals surface area contributed by atoms with Gasteiger partial charge in [-0.2, -0.15) is 0 Å². The smallest absolute Gasteiger partial charge is 0.308 e. The lowest BCUT2D eigenvalue weighted by atomic mass is 10.0. The number of ether oxygens (including phenoxy) is 3. The van der Waals surface area contributed by atoms with Gasteiger partial charge in [0.15, 0.2) is 5.78 Å². The minimum Gasteiger partial charge on any atom is -0.458 e. The molecule has 0 saturated heterocycles. The number of hydrogen-bond acceptors (Lipinski definition) is 8. The molecule has 11 nitrogen and oxygen atoms in total. The van der Waals surface area contributed by atoms with Crippen LogP contribution < -0.4 is 16.0 Å². The third kappa shape index (κ3) is 17.1. The second-order valence-electron chi connectivity index (χ2n) is 10.7. The van der Waals surface area contributed by atoms with Crippen LogP contribution in [-0.4, -0.2) is 82.6 Å². The monoisotopic (exact) mass is 625 g/mol. The van der Waals surface area contributed by atoms with Gasteiger partial charge in [0.05, 0.1) is 19.6 Å². The molecule has 0 heterocycles. The minimum atomic E-state index is -0.921. The maximum atomic E-state index is 12.7. The number of carbonyl (C=O) groups excluding carboxylic acids is 5. The molecular formula is C34H47N3O8. The second kappa shape index (κ2) is 22.4. The summed E-state index contributed by atoms with van der Waals surface area (Å²) in [4.78, 5) is 61.2. The predicted octanol–water partition coefficient (Wildman–Crippen LogP) is 2.48. The maximum Gasteiger partial charge on any atom is 0.308 e. The van der Waals surface area contributed by atoms with Crippen molar-refractivity contribution in [2.75, 3.05) is 47.1 Å². The van der Waals surface area contributed by atoms with Crippen molar-refractivity contribution in [1.82, 2.24) is 16.0 Å². The minimum absolute atomic E-state index is 0.0384. The number of ketones is 1. The number of Topliss-reactive ketones (excluding diaryl/α,β-unsaturated/α-hetero) is 1. The third-order valence-corrected chi connectivity index (χ3v) is 6.94. The summed E-state index contributed by atoms with van der Waals surface area (Å²) in [5.41, 5.74) is 3.42. The second-order valence-corrected chi connectivity index (χ2v) is 10.7. The molecule has 0 aliphatic carbocycles. The summed E-state index contributed by atoms with van der Waals surface area (Å²) in [5, 5.41) is 7.90. The van der Waals surface area contributed by atoms with E-state index in [1.54, 1.807) is 0 Å². The Hall–Kier alpha value is -4.09. The van der Waals surface area contributed by atoms with Crippen LogP contribution in [0, 0.1) is 0 Å². The highest BCUT2D eigenvalue weighted by molar-refractivity contribution is 5.88. The number of amides is 3. The predicted molar refractivity (Wildman–Crippen MR) is 169 cm³/mol. The zero-order chi connectivity index (χ0) is 32.7. The highest BCUT2D eigenvalue weighted by Crippen LogP contribution is 2.11. The first-order valence-electron chi connectivity index (χ1n) is 15.4. The van der Waals surface area contributed by atoms with E-state index in [9.17, 15) is 24.0 Å². The normalized spacial score (nSPS) is 11.3. The molecule has 0 radical (unpaired) electrons. The Morgan fingerprint density at radius 1 is 0.689 bits per heavy atom. The molecule has 3 amide bonds. The topological polar surface area (TPSA) is 149 Å². The van der Waals surface area contributed by atoms with E-state index < -0.39 is 17.9 Å². The van der Waals surface area contributed by atoms with Crippen LogP contribution in [0.3, 0.4) is 0 Å². The summed E-state index contributed by atoms with van der Waals surface area (Å²) in [6, 6.07) is 17.4. The molecule has 2 aromatic rings. The lowest BCUT2D eigenvalue weighted by Gasteiger charge is -2.19. The van der Waals surface area contributed by atoms with E-state index in [-0.39, 0.29) is 82.6 Å². The van der Waals surface area contributed by atoms with Crippen molar-refractivity contribution in [3.05, 3.63) is 71.3 Å². The summed E-state index contributed by atoms with van der Waals surface area (Å²) >= 11 is 0. The quantitative estimate of drug-likeness (QED) is 0.126. The van der Waals surface area contributed by atoms with Crippen LogP contribution in [0.25, 0.3) is 0 Å². The highest BCUT2D eigenvalue weighted by atomic mass is 16.5. The SMILES string of the molecule is COCCC(=O)NCC[C@H](NC(=O)CCOC)C(=O)NCCC(=O)OCC(=O)Cc1ccc(CCCCc2ccccc2)cc1. The van der Waals surface area contributed by atoms with Crippen molar-refractivity contribution in [1.29, 1.82) is 0 Å². The standard InChI is InChI=1S/C34H47N3O8/c1-43-22-18-31(39)35-20-16-30(37-32(40)19-23-44-2)34(42)36-21-17-33(41)45-25-29(38)24-28-14-12-27(13-15-28)11-7-6-10-26-8-4-3-5-9-26/h3-5,8-9,12-15,30H,6-7,10-11,16-25H2,1-2H3,(H,35,39)(H,36,42)(H,37,40)/t30-/m0/s1. The Kier molecular flexibility index (Phi) is 18.5. The summed E-state index contributed by atoms with van der Waals surface area (Å²) in [5.74, 6) is -1.97. The molecule has 0 unspecified atom stereocenters. The van der Waals surface area contributed by atoms with Crippen molar-refractivity contribution < 1.29 is 38.2 Å². The van der Waals surface area contributed by atoms with E-state index in [4.69, 9.17) is 14.2 Å². The van der Waals surface area contributed by atoms with Crippen molar-refractivity contribution in [3.63, 3.8) is 0 Å². The van der Waals surface area contributed by atoms with Crippen molar-refractivity contribution in [3.8, 4) is 0 Å². The van der Waals surface area contributed by atoms with Gasteiger partial charge in [-0.15, -0.1) is 0 Å². The van der Waals surface area contributed by atoms with Gasteiger partial charge in [0.25, 0.3) is 0 Å². The molecule has 0 aliphatic heterocycles. The molecule has 2 aromatic carbocycles. The molecule has 11 heteroatoms. The molecule has 0 saturated carbocycles. The molecule has 246 valence electrons. The van der Waals surface area contributed by atoms with E-state index >= 15 is 0 Å². The molecule has 0 aliphatic rings. The number of rotatable bonds is 23. The van der Waals surface area contributed by atoms with Crippen LogP contribution in [0.2, 0.25) is 0 Å². The van der Waals surface area contributed by atoms with E-state index in [2.05, 4.69) is 40.2 Å². The van der Waals surface area contributed by atoms with Gasteiger partial charge in [0, 0.05) is 46.6 Å². The average molecular weight is 626 g/mol. The van der Waals surface area contributed by atoms with Gasteiger partial charge in [-0.05, 0) is 48.8 Å². The molecule has 0 bridgehead atoms. The van der Waals surface area contributed by atoms with Gasteiger partial charge in [0.1, 0.15) is 12.6 Å². The Bertz CT molecular complexity index is 1190. The van der Waals surface area contributed by atoms with Crippen LogP contribution in [0.5, 0.6) is 0 Å². The van der Waals surface area contributed by atoms with E-state index in [0.717, 1.165) is 31.2 Å². The van der Waals surface area contributed by atoms with Gasteiger partial charge >= 0.3 is 5.97 Å². The Morgan fingerprint density at radius 2 is 1.29 bits per heavy atom. The molecular weight excluding hydrogens is 578 g/mol. The van der Waals surface area contributed by atoms with Crippen LogP contribution in [-0.2, 0) is 57.4 Å². The molecule has 45 heavy (non-hydrogen) atoms. The van der Waals surface area contributed by atoms with Gasteiger partial charge in [0.2, 0.25) is 17.7 Å². The first kappa shape index (κ1) is 37.1. The van der Waals surface area contributed by atoms with Crippen molar-refractivity contribution in [2.24, 2.45) is 0 Å². The number of carbonyl (C=O) groups is 5. The van der Waals surface area contributed by atoms with E-state index in [1.807, 2.05) is 30.3 Å². The molecule has 3 N–H and O–H groups in total. The number of esters is 1. The van der Waals surface area contributed by atoms with Crippen molar-refractivity contribution >= 4 is 29.5 Å². The fourth-order valence-corrected chi connectivity index (χ4v) is 4.42. The lowest BCUT2D eigenvalue weighted by molar-refractivity contribution is -0.147. The first-order valence-corrected chi connectivity index (χ1v) is 15.4. The van der Waals surface area contributed by atoms with Gasteiger partial charge in [-0.1, -0.05) is 54.6 Å². The first-order chi connectivity index (χ1) is 21.8. The van der Waals surface area contributed by atoms with Crippen molar-refractivity contribution in [2.45, 2.75) is 63.8 Å². The van der Waals surface area contributed by atoms with E-state index in [0.29, 0.717) is 0 Å². The van der Waals surface area contributed by atoms with Crippen LogP contribution in [0.4, 0.5) is 0 Å². The fraction of sp³-hybridized carbons (Fsp3) is 0.500. The maximum absolute atomic E-state index is 12.7. The largest absolute Gasteiger partial charge is 0.458 e. The molecule has 1 atom stereocenters. The number of nitrogens with one attached hydrogen (secondary N) is 3. The fourth-order valence-electron chi connectivity index (χ4n) is 4.42. The number of aryl methyl sites for hydroxylation is 2. The summed E-state index contributed by atoms with van der Waals surface area (Å²) < 4.78 is 14.9. The van der Waals surface area contributed by atoms with Gasteiger partial charge in [-0.25, -0.2) is 0 Å². The number of unbranched alkanes of at least 4 members (excludes halogenated alkanes) is 1. The van der Waals surface area contributed by atoms with Gasteiger partial charge < -0.3 is 30.2 Å². The Labute approximate surface area is 265 Å². The number of benzene rings is 2. The summed E-state index contributed by atoms with van der Waals surface area (Å²) in [6.07, 6.45) is 4.64. The lowest BCUT2D eigenvalue weighted by Crippen LogP contribution is -2.48. The Morgan fingerprint density at radius 3 is 1.93 bits per heavy atom. The summed E-state index contributed by atoms with van der Waals surface area (Å²) in [7, 11) is 2.96. The van der Waals surface area contributed by atoms with E-state index in [1.165, 1.54) is 25.3 Å². The zero-order valence-corrected chi connectivity index (χ0v) is 26.4. The average Bonchev–Trinajstić information content (AvgIpc) is 3.04. The Balaban J connectivity index is 1.67. The molecule has 0 fully saturated rings. The van der Waals surface area contributed by atoms with Gasteiger partial charge in [-0.3, -0.25) is 24.0 Å². The number of methoxy groups -OCH3 is 2. The van der Waals surface area contributed by atoms with Crippen LogP contribution in [0.15, 0.2) is 54.6 Å². The zero-order valence-electron chi connectivity index (χ0n) is 26.4. The summed E-state index contributed by atoms with van der Waals surface area (Å²) in [6.45, 7) is 0.235. The third-order valence-electron chi connectivity index (χ3n) is 6.94. The van der Waals surface area contributed by atoms with Crippen LogP contribution in [0.1, 0.15) is 55.2 Å². The van der Waals surface area contributed by atoms with Crippen LogP contribution >= 0.6 is 0 Å². The molecule has 2 rings (SSSR count). The highest BCUT2D eigenvalue weighted by Gasteiger charge is 2.21. The number of hydrogen-bond donors (Lipinski definition) is 3. The molecule has 0 spiro atoms. The molecule has 0 aromatic heterocycles.